The quantitative estimate of drug-likeness (QED) is 0.750. The number of hydrogen-bond donors (Lipinski definition) is 2. The van der Waals surface area contributed by atoms with Crippen LogP contribution in [0, 0.1) is 0 Å². The SMILES string of the molecule is O=C(O)Cc1cnccc1-c1cc2cc[nH]c2cn1. The van der Waals surface area contributed by atoms with Gasteiger partial charge in [0.05, 0.1) is 23.8 Å². The predicted molar refractivity (Wildman–Crippen MR) is 70.7 cm³/mol. The third-order valence-electron chi connectivity index (χ3n) is 2.96. The Kier molecular flexibility index (Phi) is 2.72. The summed E-state index contributed by atoms with van der Waals surface area (Å²) in [4.78, 5) is 22.3. The molecule has 0 aliphatic heterocycles. The van der Waals surface area contributed by atoms with Crippen molar-refractivity contribution in [3.05, 3.63) is 48.5 Å². The largest absolute Gasteiger partial charge is 0.481 e. The van der Waals surface area contributed by atoms with Gasteiger partial charge in [-0.15, -0.1) is 0 Å². The van der Waals surface area contributed by atoms with Gasteiger partial charge in [-0.2, -0.15) is 0 Å². The Morgan fingerprint density at radius 1 is 1.32 bits per heavy atom. The average molecular weight is 253 g/mol. The van der Waals surface area contributed by atoms with Crippen LogP contribution in [-0.4, -0.2) is 26.0 Å². The summed E-state index contributed by atoms with van der Waals surface area (Å²) in [7, 11) is 0. The lowest BCUT2D eigenvalue weighted by Crippen LogP contribution is -2.02. The smallest absolute Gasteiger partial charge is 0.307 e. The van der Waals surface area contributed by atoms with Crippen molar-refractivity contribution in [2.75, 3.05) is 0 Å². The summed E-state index contributed by atoms with van der Waals surface area (Å²) in [5.41, 5.74) is 3.18. The van der Waals surface area contributed by atoms with E-state index in [-0.39, 0.29) is 6.42 Å². The van der Waals surface area contributed by atoms with E-state index in [1.165, 1.54) is 0 Å². The van der Waals surface area contributed by atoms with Gasteiger partial charge < -0.3 is 10.1 Å². The van der Waals surface area contributed by atoms with E-state index in [1.807, 2.05) is 18.3 Å². The van der Waals surface area contributed by atoms with E-state index in [1.54, 1.807) is 24.7 Å². The molecule has 5 heteroatoms. The molecule has 3 rings (SSSR count). The molecular weight excluding hydrogens is 242 g/mol. The number of fused-ring (bicyclic) bond motifs is 1. The number of nitrogens with zero attached hydrogens (tertiary/aromatic N) is 2. The summed E-state index contributed by atoms with van der Waals surface area (Å²) in [6.07, 6.45) is 6.75. The topological polar surface area (TPSA) is 78.9 Å². The first kappa shape index (κ1) is 11.4. The van der Waals surface area contributed by atoms with Crippen LogP contribution in [0.5, 0.6) is 0 Å². The van der Waals surface area contributed by atoms with Gasteiger partial charge in [0.1, 0.15) is 0 Å². The predicted octanol–water partition coefficient (Wildman–Crippen LogP) is 2.25. The third kappa shape index (κ3) is 2.18. The molecule has 0 aromatic carbocycles. The Hall–Kier alpha value is -2.69. The molecule has 0 aliphatic carbocycles. The minimum absolute atomic E-state index is 0.0595. The van der Waals surface area contributed by atoms with Crippen LogP contribution in [0.1, 0.15) is 5.56 Å². The number of hydrogen-bond acceptors (Lipinski definition) is 3. The number of aromatic amines is 1. The third-order valence-corrected chi connectivity index (χ3v) is 2.96. The summed E-state index contributed by atoms with van der Waals surface area (Å²) in [6, 6.07) is 5.68. The van der Waals surface area contributed by atoms with E-state index in [0.29, 0.717) is 5.56 Å². The van der Waals surface area contributed by atoms with Crippen molar-refractivity contribution < 1.29 is 9.90 Å². The molecular formula is C14H11N3O2. The molecule has 3 aromatic heterocycles. The Balaban J connectivity index is 2.12. The van der Waals surface area contributed by atoms with Gasteiger partial charge in [-0.3, -0.25) is 14.8 Å². The number of aliphatic carboxylic acids is 1. The molecule has 0 fully saturated rings. The summed E-state index contributed by atoms with van der Waals surface area (Å²) in [6.45, 7) is 0. The maximum atomic E-state index is 10.9. The fraction of sp³-hybridized carbons (Fsp3) is 0.0714. The highest BCUT2D eigenvalue weighted by molar-refractivity contribution is 5.84. The summed E-state index contributed by atoms with van der Waals surface area (Å²) in [5, 5.41) is 9.97. The van der Waals surface area contributed by atoms with E-state index >= 15 is 0 Å². The maximum Gasteiger partial charge on any atom is 0.307 e. The van der Waals surface area contributed by atoms with Crippen LogP contribution >= 0.6 is 0 Å². The second-order valence-corrected chi connectivity index (χ2v) is 4.24. The van der Waals surface area contributed by atoms with Crippen molar-refractivity contribution in [3.8, 4) is 11.3 Å². The van der Waals surface area contributed by atoms with Crippen LogP contribution < -0.4 is 0 Å². The second-order valence-electron chi connectivity index (χ2n) is 4.24. The van der Waals surface area contributed by atoms with Gasteiger partial charge in [0, 0.05) is 29.5 Å². The van der Waals surface area contributed by atoms with E-state index in [4.69, 9.17) is 5.11 Å². The number of H-pyrrole nitrogens is 1. The molecule has 0 saturated heterocycles. The number of carboxylic acids is 1. The minimum Gasteiger partial charge on any atom is -0.481 e. The molecule has 0 saturated carbocycles. The standard InChI is InChI=1S/C14H11N3O2/c18-14(19)6-10-7-15-3-2-11(10)12-5-9-1-4-16-13(9)8-17-12/h1-5,7-8,16H,6H2,(H,18,19). The monoisotopic (exact) mass is 253 g/mol. The molecule has 3 aromatic rings. The van der Waals surface area contributed by atoms with Crippen LogP contribution in [0.25, 0.3) is 22.2 Å². The van der Waals surface area contributed by atoms with Gasteiger partial charge in [-0.25, -0.2) is 0 Å². The fourth-order valence-electron chi connectivity index (χ4n) is 2.08. The van der Waals surface area contributed by atoms with Crippen molar-refractivity contribution >= 4 is 16.9 Å². The minimum atomic E-state index is -0.878. The van der Waals surface area contributed by atoms with Crippen molar-refractivity contribution in [2.24, 2.45) is 0 Å². The first-order valence-electron chi connectivity index (χ1n) is 5.82. The summed E-state index contributed by atoms with van der Waals surface area (Å²) in [5.74, 6) is -0.878. The number of nitrogens with one attached hydrogen (secondary N) is 1. The second kappa shape index (κ2) is 4.53. The van der Waals surface area contributed by atoms with Gasteiger partial charge in [0.2, 0.25) is 0 Å². The normalized spacial score (nSPS) is 10.7. The van der Waals surface area contributed by atoms with E-state index in [9.17, 15) is 4.79 Å². The molecule has 0 atom stereocenters. The molecule has 0 unspecified atom stereocenters. The summed E-state index contributed by atoms with van der Waals surface area (Å²) >= 11 is 0. The van der Waals surface area contributed by atoms with Gasteiger partial charge in [-0.1, -0.05) is 0 Å². The molecule has 3 heterocycles. The molecule has 0 amide bonds. The lowest BCUT2D eigenvalue weighted by Gasteiger charge is -2.06. The highest BCUT2D eigenvalue weighted by Gasteiger charge is 2.10. The van der Waals surface area contributed by atoms with E-state index < -0.39 is 5.97 Å². The molecule has 94 valence electrons. The van der Waals surface area contributed by atoms with Gasteiger partial charge in [-0.05, 0) is 23.8 Å². The Morgan fingerprint density at radius 3 is 3.05 bits per heavy atom. The maximum absolute atomic E-state index is 10.9. The molecule has 0 radical (unpaired) electrons. The molecule has 5 nitrogen and oxygen atoms in total. The van der Waals surface area contributed by atoms with Crippen molar-refractivity contribution in [1.29, 1.82) is 0 Å². The lowest BCUT2D eigenvalue weighted by atomic mass is 10.0. The number of rotatable bonds is 3. The average Bonchev–Trinajstić information content (AvgIpc) is 2.86. The van der Waals surface area contributed by atoms with Crippen LogP contribution in [0.2, 0.25) is 0 Å². The Bertz CT molecular complexity index is 749. The van der Waals surface area contributed by atoms with Gasteiger partial charge in [0.15, 0.2) is 0 Å². The number of aromatic nitrogens is 3. The first-order chi connectivity index (χ1) is 9.24. The molecule has 0 aliphatic rings. The van der Waals surface area contributed by atoms with Crippen molar-refractivity contribution in [3.63, 3.8) is 0 Å². The Morgan fingerprint density at radius 2 is 2.21 bits per heavy atom. The number of pyridine rings is 2. The fourth-order valence-corrected chi connectivity index (χ4v) is 2.08. The van der Waals surface area contributed by atoms with Gasteiger partial charge in [0.25, 0.3) is 0 Å². The van der Waals surface area contributed by atoms with Crippen LogP contribution in [0.3, 0.4) is 0 Å². The van der Waals surface area contributed by atoms with Gasteiger partial charge >= 0.3 is 5.97 Å². The number of carboxylic acid groups (broad SMARTS) is 1. The zero-order valence-corrected chi connectivity index (χ0v) is 10.00. The van der Waals surface area contributed by atoms with E-state index in [2.05, 4.69) is 15.0 Å². The van der Waals surface area contributed by atoms with Crippen LogP contribution in [0.15, 0.2) is 43.0 Å². The Labute approximate surface area is 109 Å². The zero-order chi connectivity index (χ0) is 13.2. The highest BCUT2D eigenvalue weighted by Crippen LogP contribution is 2.24. The van der Waals surface area contributed by atoms with Crippen molar-refractivity contribution in [1.82, 2.24) is 15.0 Å². The first-order valence-corrected chi connectivity index (χ1v) is 5.82. The highest BCUT2D eigenvalue weighted by atomic mass is 16.4. The van der Waals surface area contributed by atoms with E-state index in [0.717, 1.165) is 22.2 Å². The van der Waals surface area contributed by atoms with Crippen molar-refractivity contribution in [2.45, 2.75) is 6.42 Å². The molecule has 0 spiro atoms. The molecule has 0 bridgehead atoms. The molecule has 2 N–H and O–H groups in total. The van der Waals surface area contributed by atoms with Crippen LogP contribution in [-0.2, 0) is 11.2 Å². The number of carbonyl (C=O) groups is 1. The van der Waals surface area contributed by atoms with Crippen LogP contribution in [0.4, 0.5) is 0 Å². The summed E-state index contributed by atoms with van der Waals surface area (Å²) < 4.78 is 0. The lowest BCUT2D eigenvalue weighted by molar-refractivity contribution is -0.136. The molecule has 19 heavy (non-hydrogen) atoms. The zero-order valence-electron chi connectivity index (χ0n) is 10.00.